The molecule has 17 heteroatoms. The summed E-state index contributed by atoms with van der Waals surface area (Å²) in [7, 11) is -2.90. The Morgan fingerprint density at radius 2 is 1.70 bits per heavy atom. The maximum Gasteiger partial charge on any atom is 0.474 e. The van der Waals surface area contributed by atoms with Crippen LogP contribution in [0.2, 0.25) is 0 Å². The minimum Gasteiger partial charge on any atom is -0.386 e. The van der Waals surface area contributed by atoms with Crippen molar-refractivity contribution in [2.24, 2.45) is 15.8 Å². The lowest BCUT2D eigenvalue weighted by Gasteiger charge is -2.32. The fourth-order valence-electron chi connectivity index (χ4n) is 4.08. The van der Waals surface area contributed by atoms with Crippen molar-refractivity contribution >= 4 is 59.1 Å². The van der Waals surface area contributed by atoms with Crippen LogP contribution in [0.5, 0.6) is 0 Å². The van der Waals surface area contributed by atoms with E-state index < -0.39 is 49.2 Å². The Labute approximate surface area is 265 Å². The van der Waals surface area contributed by atoms with Crippen LogP contribution in [0.4, 0.5) is 5.82 Å². The number of nitrogens with zero attached hydrogens (tertiary/aromatic N) is 4. The van der Waals surface area contributed by atoms with Crippen LogP contribution in [-0.2, 0) is 38.1 Å². The number of carbonyl (C=O) groups is 2. The van der Waals surface area contributed by atoms with Crippen molar-refractivity contribution in [2.45, 2.75) is 58.8 Å². The number of fused-ring (bicyclic) bond motifs is 1. The van der Waals surface area contributed by atoms with Crippen LogP contribution in [0.3, 0.4) is 0 Å². The van der Waals surface area contributed by atoms with Gasteiger partial charge in [-0.2, -0.15) is 5.10 Å². The third-order valence-electron chi connectivity index (χ3n) is 6.55. The summed E-state index contributed by atoms with van der Waals surface area (Å²) in [5.74, 6) is 0.529. The number of anilines is 1. The Balaban J connectivity index is 1.78. The van der Waals surface area contributed by atoms with Crippen LogP contribution < -0.4 is 5.73 Å². The first-order valence-electron chi connectivity index (χ1n) is 13.8. The maximum absolute atomic E-state index is 13.8. The smallest absolute Gasteiger partial charge is 0.386 e. The predicted molar refractivity (Wildman–Crippen MR) is 170 cm³/mol. The molecular formula is C27H42N5O9PS2. The highest BCUT2D eigenvalue weighted by Crippen LogP contribution is 2.52. The van der Waals surface area contributed by atoms with Crippen molar-refractivity contribution in [1.82, 2.24) is 14.6 Å². The predicted octanol–water partition coefficient (Wildman–Crippen LogP) is 3.10. The molecule has 44 heavy (non-hydrogen) atoms. The van der Waals surface area contributed by atoms with Crippen molar-refractivity contribution in [3.8, 4) is 0 Å². The van der Waals surface area contributed by atoms with Crippen molar-refractivity contribution in [3.63, 3.8) is 0 Å². The number of aliphatic imine (C=N–C) groups is 1. The summed E-state index contributed by atoms with van der Waals surface area (Å²) < 4.78 is 37.8. The monoisotopic (exact) mass is 675 g/mol. The topological polar surface area (TPSA) is 197 Å². The number of phosphoric acid groups is 1. The molecule has 0 saturated carbocycles. The minimum absolute atomic E-state index is 0.0698. The largest absolute Gasteiger partial charge is 0.474 e. The van der Waals surface area contributed by atoms with Crippen LogP contribution in [0.25, 0.3) is 5.52 Å². The molecule has 0 radical (unpaired) electrons. The number of carbonyl (C=O) groups excluding carboxylic acids is 2. The van der Waals surface area contributed by atoms with E-state index in [0.29, 0.717) is 5.52 Å². The van der Waals surface area contributed by atoms with Gasteiger partial charge in [-0.1, -0.05) is 65.1 Å². The average Bonchev–Trinajstić information content (AvgIpc) is 3.49. The first-order valence-corrected chi connectivity index (χ1v) is 17.3. The van der Waals surface area contributed by atoms with Gasteiger partial charge in [0.1, 0.15) is 17.9 Å². The number of thioether (sulfide) groups is 2. The van der Waals surface area contributed by atoms with Crippen molar-refractivity contribution in [1.29, 1.82) is 0 Å². The van der Waals surface area contributed by atoms with Gasteiger partial charge in [-0.25, -0.2) is 14.1 Å². The molecule has 0 aliphatic carbocycles. The molecule has 0 aromatic carbocycles. The lowest BCUT2D eigenvalue weighted by Crippen LogP contribution is -2.52. The van der Waals surface area contributed by atoms with E-state index in [-0.39, 0.29) is 46.5 Å². The van der Waals surface area contributed by atoms with Crippen LogP contribution >= 0.6 is 31.3 Å². The number of hydrogen-bond acceptors (Lipinski definition) is 15. The lowest BCUT2D eigenvalue weighted by atomic mass is 9.86. The Kier molecular flexibility index (Phi) is 11.9. The molecule has 1 aliphatic heterocycles. The third kappa shape index (κ3) is 8.47. The number of aliphatic hydroxyl groups excluding tert-OH is 1. The molecule has 0 bridgehead atoms. The Morgan fingerprint density at radius 3 is 2.23 bits per heavy atom. The van der Waals surface area contributed by atoms with E-state index in [1.54, 1.807) is 47.6 Å². The van der Waals surface area contributed by atoms with Gasteiger partial charge in [0, 0.05) is 35.6 Å². The fourth-order valence-corrected chi connectivity index (χ4v) is 7.11. The van der Waals surface area contributed by atoms with Gasteiger partial charge in [0.2, 0.25) is 0 Å². The Morgan fingerprint density at radius 1 is 1.14 bits per heavy atom. The second-order valence-corrected chi connectivity index (χ2v) is 16.1. The summed E-state index contributed by atoms with van der Waals surface area (Å²) in [5.41, 5.74) is 1.61. The molecule has 3 heterocycles. The Hall–Kier alpha value is -1.88. The summed E-state index contributed by atoms with van der Waals surface area (Å²) in [4.78, 5) is 32.5. The normalized spacial score (nSPS) is 23.2. The van der Waals surface area contributed by atoms with Crippen molar-refractivity contribution in [3.05, 3.63) is 24.2 Å². The average molecular weight is 676 g/mol. The number of phosphoric ester groups is 1. The summed E-state index contributed by atoms with van der Waals surface area (Å²) in [5, 5.41) is 27.2. The number of rotatable bonds is 13. The standard InChI is InChI=1S/C27H42N5O9PS2/c1-24(2,3)22(34)43-12-10-39-42(37,40-11-13-44-23(35)25(4,5)6)41-15-26(14-29-7)21(33)27(36,16-38-26)19-9-8-18-20(28)30-17-31-32(18)19/h8-9,14,17,21,33,36H,10-13,15-16H2,1-7H3,(H2,28,30,31)/b29-14-/t21-,26-,27-/m1/s1. The highest BCUT2D eigenvalue weighted by molar-refractivity contribution is 8.14. The van der Waals surface area contributed by atoms with Crippen molar-refractivity contribution < 1.29 is 42.7 Å². The van der Waals surface area contributed by atoms with Gasteiger partial charge in [0.15, 0.2) is 27.3 Å². The van der Waals surface area contributed by atoms with Gasteiger partial charge in [-0.15, -0.1) is 0 Å². The molecule has 3 rings (SSSR count). The van der Waals surface area contributed by atoms with E-state index in [4.69, 9.17) is 24.0 Å². The number of aromatic nitrogens is 3. The fraction of sp³-hybridized carbons (Fsp3) is 0.667. The lowest BCUT2D eigenvalue weighted by molar-refractivity contribution is -0.118. The van der Waals surface area contributed by atoms with Crippen LogP contribution in [-0.4, -0.2) is 97.9 Å². The molecule has 2 aromatic heterocycles. The first kappa shape index (κ1) is 36.6. The van der Waals surface area contributed by atoms with E-state index in [2.05, 4.69) is 15.1 Å². The van der Waals surface area contributed by atoms with Gasteiger partial charge < -0.3 is 20.7 Å². The quantitative estimate of drug-likeness (QED) is 0.159. The molecule has 4 N–H and O–H groups in total. The number of aliphatic hydroxyl groups is 2. The second-order valence-electron chi connectivity index (χ2n) is 12.3. The molecule has 0 amide bonds. The SMILES string of the molecule is C/N=C\[C@]1(COP(=O)(OCCSC(=O)C(C)(C)C)OCCSC(=O)C(C)(C)C)OC[C@@](O)(c2ccc3c(N)ncnn23)[C@@H]1O. The van der Waals surface area contributed by atoms with Gasteiger partial charge in [0.05, 0.1) is 32.1 Å². The highest BCUT2D eigenvalue weighted by Gasteiger charge is 2.60. The van der Waals surface area contributed by atoms with Gasteiger partial charge in [-0.05, 0) is 12.1 Å². The summed E-state index contributed by atoms with van der Waals surface area (Å²) in [6.07, 6.45) is 0.781. The van der Waals surface area contributed by atoms with E-state index in [1.807, 2.05) is 0 Å². The molecule has 246 valence electrons. The number of hydrogen-bond donors (Lipinski definition) is 3. The minimum atomic E-state index is -4.34. The zero-order valence-electron chi connectivity index (χ0n) is 26.0. The van der Waals surface area contributed by atoms with Gasteiger partial charge >= 0.3 is 7.82 Å². The van der Waals surface area contributed by atoms with E-state index >= 15 is 0 Å². The summed E-state index contributed by atoms with van der Waals surface area (Å²) >= 11 is 2.05. The van der Waals surface area contributed by atoms with Gasteiger partial charge in [-0.3, -0.25) is 28.2 Å². The van der Waals surface area contributed by atoms with Crippen LogP contribution in [0, 0.1) is 10.8 Å². The van der Waals surface area contributed by atoms with E-state index in [0.717, 1.165) is 23.5 Å². The van der Waals surface area contributed by atoms with Crippen LogP contribution in [0.1, 0.15) is 47.2 Å². The molecule has 0 unspecified atom stereocenters. The molecule has 1 aliphatic rings. The third-order valence-corrected chi connectivity index (χ3v) is 10.5. The molecule has 0 spiro atoms. The molecular weight excluding hydrogens is 633 g/mol. The zero-order chi connectivity index (χ0) is 33.0. The van der Waals surface area contributed by atoms with E-state index in [1.165, 1.54) is 30.2 Å². The molecule has 3 atom stereocenters. The number of ether oxygens (including phenoxy) is 1. The number of nitrogen functional groups attached to an aromatic ring is 1. The highest BCUT2D eigenvalue weighted by atomic mass is 32.2. The molecule has 14 nitrogen and oxygen atoms in total. The van der Waals surface area contributed by atoms with Crippen LogP contribution in [0.15, 0.2) is 23.5 Å². The molecule has 2 aromatic rings. The maximum atomic E-state index is 13.8. The molecule has 1 saturated heterocycles. The van der Waals surface area contributed by atoms with E-state index in [9.17, 15) is 24.4 Å². The zero-order valence-corrected chi connectivity index (χ0v) is 28.5. The summed E-state index contributed by atoms with van der Waals surface area (Å²) in [6, 6.07) is 3.14. The van der Waals surface area contributed by atoms with Gasteiger partial charge in [0.25, 0.3) is 0 Å². The first-order chi connectivity index (χ1) is 20.4. The van der Waals surface area contributed by atoms with Crippen molar-refractivity contribution in [2.75, 3.05) is 50.7 Å². The second kappa shape index (κ2) is 14.3. The molecule has 1 fully saturated rings. The number of nitrogens with two attached hydrogens (primary N) is 1. The Bertz CT molecular complexity index is 1370. The summed E-state index contributed by atoms with van der Waals surface area (Å²) in [6.45, 7) is 9.44.